The first-order valence-corrected chi connectivity index (χ1v) is 9.63. The number of amides is 1. The maximum absolute atomic E-state index is 12.9. The third kappa shape index (κ3) is 4.39. The van der Waals surface area contributed by atoms with Crippen molar-refractivity contribution in [3.63, 3.8) is 0 Å². The number of fused-ring (bicyclic) bond motifs is 1. The van der Waals surface area contributed by atoms with E-state index in [2.05, 4.69) is 15.5 Å². The lowest BCUT2D eigenvalue weighted by Crippen LogP contribution is -2.28. The van der Waals surface area contributed by atoms with Crippen LogP contribution in [0.15, 0.2) is 44.8 Å². The van der Waals surface area contributed by atoms with Gasteiger partial charge in [-0.15, -0.1) is 0 Å². The van der Waals surface area contributed by atoms with Gasteiger partial charge in [-0.1, -0.05) is 42.9 Å². The van der Waals surface area contributed by atoms with Crippen LogP contribution in [0.2, 0.25) is 0 Å². The zero-order valence-electron chi connectivity index (χ0n) is 15.7. The van der Waals surface area contributed by atoms with Gasteiger partial charge in [-0.2, -0.15) is 0 Å². The molecule has 0 spiro atoms. The number of thioether (sulfide) groups is 1. The molecule has 3 rings (SSSR count). The van der Waals surface area contributed by atoms with Crippen LogP contribution in [0.25, 0.3) is 10.9 Å². The van der Waals surface area contributed by atoms with Gasteiger partial charge in [0.25, 0.3) is 5.56 Å². The van der Waals surface area contributed by atoms with E-state index in [0.717, 1.165) is 0 Å². The minimum atomic E-state index is -0.464. The van der Waals surface area contributed by atoms with Crippen molar-refractivity contribution >= 4 is 34.4 Å². The summed E-state index contributed by atoms with van der Waals surface area (Å²) in [6.07, 6.45) is 0. The summed E-state index contributed by atoms with van der Waals surface area (Å²) in [5.41, 5.74) is 0.543. The molecule has 1 atom stereocenters. The summed E-state index contributed by atoms with van der Waals surface area (Å²) < 4.78 is 6.62. The number of carbonyl (C=O) groups is 1. The topological polar surface area (TPSA) is 90.0 Å². The Morgan fingerprint density at radius 2 is 2.04 bits per heavy atom. The summed E-state index contributed by atoms with van der Waals surface area (Å²) >= 11 is 1.26. The van der Waals surface area contributed by atoms with Crippen molar-refractivity contribution in [3.05, 3.63) is 46.4 Å². The lowest BCUT2D eigenvalue weighted by Gasteiger charge is -2.17. The predicted molar refractivity (Wildman–Crippen MR) is 106 cm³/mol. The Morgan fingerprint density at radius 1 is 1.30 bits per heavy atom. The molecule has 1 N–H and O–H groups in total. The number of para-hydroxylation sites is 1. The second-order valence-corrected chi connectivity index (χ2v) is 8.10. The fourth-order valence-electron chi connectivity index (χ4n) is 2.63. The number of benzene rings is 1. The molecule has 0 bridgehead atoms. The quantitative estimate of drug-likeness (QED) is 0.515. The van der Waals surface area contributed by atoms with Crippen molar-refractivity contribution in [2.75, 3.05) is 5.32 Å². The summed E-state index contributed by atoms with van der Waals surface area (Å²) in [5.74, 6) is 1.03. The number of nitrogens with zero attached hydrogens (tertiary/aromatic N) is 3. The first kappa shape index (κ1) is 19.2. The number of aryl methyl sites for hydroxylation is 1. The van der Waals surface area contributed by atoms with Crippen molar-refractivity contribution in [3.8, 4) is 0 Å². The number of anilines is 1. The molecule has 0 fully saturated rings. The standard InChI is InChI=1S/C19H22N4O3S/c1-11(2)10-23-18(25)14-7-5-6-8-15(14)20-19(23)27-13(4)17(24)21-16-9-12(3)26-22-16/h5-9,11,13H,10H2,1-4H3,(H,21,22,24)/t13-/m1/s1. The van der Waals surface area contributed by atoms with Gasteiger partial charge in [0.1, 0.15) is 5.76 Å². The van der Waals surface area contributed by atoms with Crippen LogP contribution in [0.3, 0.4) is 0 Å². The first-order valence-electron chi connectivity index (χ1n) is 8.75. The minimum absolute atomic E-state index is 0.0865. The highest BCUT2D eigenvalue weighted by Crippen LogP contribution is 2.24. The average molecular weight is 386 g/mol. The molecule has 142 valence electrons. The number of nitrogens with one attached hydrogen (secondary N) is 1. The molecule has 1 amide bonds. The Kier molecular flexibility index (Phi) is 5.65. The Bertz CT molecular complexity index is 1030. The third-order valence-corrected chi connectivity index (χ3v) is 5.00. The smallest absolute Gasteiger partial charge is 0.262 e. The van der Waals surface area contributed by atoms with Gasteiger partial charge in [0.15, 0.2) is 11.0 Å². The van der Waals surface area contributed by atoms with Crippen LogP contribution in [-0.4, -0.2) is 25.9 Å². The van der Waals surface area contributed by atoms with E-state index in [0.29, 0.717) is 34.2 Å². The average Bonchev–Trinajstić information content (AvgIpc) is 3.02. The van der Waals surface area contributed by atoms with E-state index in [4.69, 9.17) is 4.52 Å². The molecule has 2 heterocycles. The molecule has 0 aliphatic rings. The summed E-state index contributed by atoms with van der Waals surface area (Å²) in [6.45, 7) is 8.15. The molecule has 0 aliphatic heterocycles. The second-order valence-electron chi connectivity index (χ2n) is 6.79. The van der Waals surface area contributed by atoms with Gasteiger partial charge in [-0.05, 0) is 31.9 Å². The minimum Gasteiger partial charge on any atom is -0.360 e. The van der Waals surface area contributed by atoms with E-state index in [-0.39, 0.29) is 17.4 Å². The molecule has 0 radical (unpaired) electrons. The molecule has 8 heteroatoms. The lowest BCUT2D eigenvalue weighted by molar-refractivity contribution is -0.115. The van der Waals surface area contributed by atoms with Crippen molar-refractivity contribution in [1.82, 2.24) is 14.7 Å². The van der Waals surface area contributed by atoms with Gasteiger partial charge in [0, 0.05) is 12.6 Å². The van der Waals surface area contributed by atoms with Crippen LogP contribution in [-0.2, 0) is 11.3 Å². The molecule has 0 saturated heterocycles. The van der Waals surface area contributed by atoms with E-state index in [1.54, 1.807) is 30.5 Å². The highest BCUT2D eigenvalue weighted by Gasteiger charge is 2.20. The zero-order valence-corrected chi connectivity index (χ0v) is 16.5. The molecule has 27 heavy (non-hydrogen) atoms. The van der Waals surface area contributed by atoms with Gasteiger partial charge in [0.2, 0.25) is 5.91 Å². The first-order chi connectivity index (χ1) is 12.8. The van der Waals surface area contributed by atoms with E-state index in [1.807, 2.05) is 32.0 Å². The Morgan fingerprint density at radius 3 is 2.70 bits per heavy atom. The monoisotopic (exact) mass is 386 g/mol. The van der Waals surface area contributed by atoms with Crippen LogP contribution in [0.4, 0.5) is 5.82 Å². The molecule has 0 aliphatic carbocycles. The second kappa shape index (κ2) is 7.96. The normalized spacial score (nSPS) is 12.5. The Hall–Kier alpha value is -2.61. The van der Waals surface area contributed by atoms with Crippen LogP contribution >= 0.6 is 11.8 Å². The maximum Gasteiger partial charge on any atom is 0.262 e. The number of hydrogen-bond donors (Lipinski definition) is 1. The van der Waals surface area contributed by atoms with Crippen LogP contribution < -0.4 is 10.9 Å². The molecule has 2 aromatic heterocycles. The van der Waals surface area contributed by atoms with Crippen LogP contribution in [0.1, 0.15) is 26.5 Å². The lowest BCUT2D eigenvalue weighted by atomic mass is 10.2. The van der Waals surface area contributed by atoms with E-state index in [9.17, 15) is 9.59 Å². The van der Waals surface area contributed by atoms with Crippen molar-refractivity contribution in [1.29, 1.82) is 0 Å². The van der Waals surface area contributed by atoms with Gasteiger partial charge >= 0.3 is 0 Å². The summed E-state index contributed by atoms with van der Waals surface area (Å²) in [5, 5.41) is 7.14. The highest BCUT2D eigenvalue weighted by molar-refractivity contribution is 8.00. The molecular formula is C19H22N4O3S. The number of carbonyl (C=O) groups excluding carboxylic acids is 1. The summed E-state index contributed by atoms with van der Waals surface area (Å²) in [4.78, 5) is 30.0. The van der Waals surface area contributed by atoms with Crippen molar-refractivity contribution < 1.29 is 9.32 Å². The van der Waals surface area contributed by atoms with Crippen LogP contribution in [0.5, 0.6) is 0 Å². The predicted octanol–water partition coefficient (Wildman–Crippen LogP) is 3.47. The Balaban J connectivity index is 1.90. The highest BCUT2D eigenvalue weighted by atomic mass is 32.2. The molecule has 3 aromatic rings. The van der Waals surface area contributed by atoms with Crippen molar-refractivity contribution in [2.24, 2.45) is 5.92 Å². The van der Waals surface area contributed by atoms with Gasteiger partial charge < -0.3 is 9.84 Å². The van der Waals surface area contributed by atoms with E-state index >= 15 is 0 Å². The largest absolute Gasteiger partial charge is 0.360 e. The fraction of sp³-hybridized carbons (Fsp3) is 0.368. The number of rotatable bonds is 6. The van der Waals surface area contributed by atoms with E-state index < -0.39 is 5.25 Å². The molecule has 1 aromatic carbocycles. The summed E-state index contributed by atoms with van der Waals surface area (Å²) in [6, 6.07) is 8.91. The molecule has 0 unspecified atom stereocenters. The zero-order chi connectivity index (χ0) is 19.6. The molecular weight excluding hydrogens is 364 g/mol. The van der Waals surface area contributed by atoms with Gasteiger partial charge in [-0.3, -0.25) is 14.2 Å². The Labute approximate surface area is 161 Å². The van der Waals surface area contributed by atoms with Crippen molar-refractivity contribution in [2.45, 2.75) is 44.6 Å². The van der Waals surface area contributed by atoms with Gasteiger partial charge in [-0.25, -0.2) is 4.98 Å². The molecule has 0 saturated carbocycles. The van der Waals surface area contributed by atoms with E-state index in [1.165, 1.54) is 11.8 Å². The van der Waals surface area contributed by atoms with Gasteiger partial charge in [0.05, 0.1) is 16.2 Å². The summed E-state index contributed by atoms with van der Waals surface area (Å²) in [7, 11) is 0. The number of hydrogen-bond acceptors (Lipinski definition) is 6. The number of aromatic nitrogens is 3. The maximum atomic E-state index is 12.9. The van der Waals surface area contributed by atoms with Crippen LogP contribution in [0, 0.1) is 12.8 Å². The SMILES string of the molecule is Cc1cc(NC(=O)[C@@H](C)Sc2nc3ccccc3c(=O)n2CC(C)C)no1. The molecule has 7 nitrogen and oxygen atoms in total. The fourth-order valence-corrected chi connectivity index (χ4v) is 3.55. The third-order valence-electron chi connectivity index (χ3n) is 3.90.